The fourth-order valence-electron chi connectivity index (χ4n) is 2.97. The highest BCUT2D eigenvalue weighted by Gasteiger charge is 2.37. The van der Waals surface area contributed by atoms with Crippen molar-refractivity contribution in [3.8, 4) is 0 Å². The van der Waals surface area contributed by atoms with E-state index in [-0.39, 0.29) is 17.0 Å². The largest absolute Gasteiger partial charge is 0.325 e. The highest BCUT2D eigenvalue weighted by Crippen LogP contribution is 2.37. The van der Waals surface area contributed by atoms with Crippen LogP contribution in [-0.4, -0.2) is 26.0 Å². The third kappa shape index (κ3) is 3.57. The number of rotatable bonds is 3. The van der Waals surface area contributed by atoms with E-state index in [1.165, 1.54) is 30.0 Å². The van der Waals surface area contributed by atoms with E-state index >= 15 is 0 Å². The van der Waals surface area contributed by atoms with Crippen molar-refractivity contribution in [3.05, 3.63) is 70.3 Å². The summed E-state index contributed by atoms with van der Waals surface area (Å²) in [7, 11) is 0. The number of amides is 1. The summed E-state index contributed by atoms with van der Waals surface area (Å²) >= 11 is 7.15. The van der Waals surface area contributed by atoms with E-state index in [0.717, 1.165) is 11.1 Å². The molecule has 0 aliphatic carbocycles. The molecular formula is C19H17ClFN5OS. The zero-order valence-corrected chi connectivity index (χ0v) is 16.7. The molecule has 3 aromatic rings. The van der Waals surface area contributed by atoms with Gasteiger partial charge in [-0.3, -0.25) is 4.79 Å². The Labute approximate surface area is 170 Å². The third-order valence-corrected chi connectivity index (χ3v) is 5.99. The molecular weight excluding hydrogens is 401 g/mol. The number of benzene rings is 2. The van der Waals surface area contributed by atoms with Crippen molar-refractivity contribution in [1.29, 1.82) is 0 Å². The Bertz CT molecular complexity index is 1040. The van der Waals surface area contributed by atoms with E-state index in [2.05, 4.69) is 20.9 Å². The summed E-state index contributed by atoms with van der Waals surface area (Å²) < 4.78 is 15.2. The number of nitrogens with one attached hydrogen (secondary N) is 2. The molecule has 0 saturated carbocycles. The second-order valence-electron chi connectivity index (χ2n) is 6.54. The molecule has 4 rings (SSSR count). The molecule has 2 N–H and O–H groups in total. The first kappa shape index (κ1) is 18.8. The summed E-state index contributed by atoms with van der Waals surface area (Å²) in [5, 5.41) is 11.1. The van der Waals surface area contributed by atoms with Crippen LogP contribution in [0, 0.1) is 19.7 Å². The molecule has 9 heteroatoms. The Hall–Kier alpha value is -2.58. The van der Waals surface area contributed by atoms with Gasteiger partial charge in [0.15, 0.2) is 0 Å². The second kappa shape index (κ2) is 7.44. The van der Waals surface area contributed by atoms with Gasteiger partial charge >= 0.3 is 0 Å². The molecule has 1 amide bonds. The van der Waals surface area contributed by atoms with E-state index in [1.54, 1.807) is 4.68 Å². The SMILES string of the molecule is Cc1ccc([C@@H]2Nn3c(C)nnc3S[C@@H]2C(=O)Nc2ccc(F)c(Cl)c2)cc1. The molecule has 0 radical (unpaired) electrons. The van der Waals surface area contributed by atoms with Crippen LogP contribution in [0.4, 0.5) is 10.1 Å². The van der Waals surface area contributed by atoms with Crippen molar-refractivity contribution in [3.63, 3.8) is 0 Å². The number of anilines is 1. The molecule has 0 fully saturated rings. The summed E-state index contributed by atoms with van der Waals surface area (Å²) in [4.78, 5) is 13.1. The number of carbonyl (C=O) groups excluding carboxylic acids is 1. The van der Waals surface area contributed by atoms with Crippen LogP contribution in [0.25, 0.3) is 0 Å². The maximum Gasteiger partial charge on any atom is 0.240 e. The van der Waals surface area contributed by atoms with E-state index in [9.17, 15) is 9.18 Å². The number of hydrogen-bond donors (Lipinski definition) is 2. The Morgan fingerprint density at radius 1 is 1.21 bits per heavy atom. The van der Waals surface area contributed by atoms with Crippen LogP contribution in [0.3, 0.4) is 0 Å². The summed E-state index contributed by atoms with van der Waals surface area (Å²) in [5.41, 5.74) is 5.88. The van der Waals surface area contributed by atoms with Crippen LogP contribution in [0.1, 0.15) is 23.0 Å². The lowest BCUT2D eigenvalue weighted by atomic mass is 10.0. The van der Waals surface area contributed by atoms with Crippen molar-refractivity contribution >= 4 is 35.0 Å². The highest BCUT2D eigenvalue weighted by molar-refractivity contribution is 8.00. The maximum atomic E-state index is 13.4. The molecule has 0 saturated heterocycles. The molecule has 0 bridgehead atoms. The van der Waals surface area contributed by atoms with E-state index in [1.807, 2.05) is 38.1 Å². The van der Waals surface area contributed by atoms with Gasteiger partial charge in [-0.1, -0.05) is 53.2 Å². The molecule has 1 aliphatic heterocycles. The van der Waals surface area contributed by atoms with Gasteiger partial charge in [0, 0.05) is 5.69 Å². The number of carbonyl (C=O) groups is 1. The molecule has 1 aliphatic rings. The van der Waals surface area contributed by atoms with Crippen LogP contribution in [0.5, 0.6) is 0 Å². The van der Waals surface area contributed by atoms with Crippen LogP contribution in [0.2, 0.25) is 5.02 Å². The maximum absolute atomic E-state index is 13.4. The van der Waals surface area contributed by atoms with Crippen LogP contribution < -0.4 is 10.7 Å². The Balaban J connectivity index is 1.65. The van der Waals surface area contributed by atoms with Crippen molar-refractivity contribution in [2.24, 2.45) is 0 Å². The first-order chi connectivity index (χ1) is 13.4. The van der Waals surface area contributed by atoms with E-state index in [0.29, 0.717) is 16.7 Å². The van der Waals surface area contributed by atoms with Crippen molar-refractivity contribution in [2.45, 2.75) is 30.3 Å². The fraction of sp³-hybridized carbons (Fsp3) is 0.211. The smallest absolute Gasteiger partial charge is 0.240 e. The van der Waals surface area contributed by atoms with Gasteiger partial charge in [0.1, 0.15) is 16.9 Å². The Morgan fingerprint density at radius 3 is 2.68 bits per heavy atom. The van der Waals surface area contributed by atoms with Crippen LogP contribution in [0.15, 0.2) is 47.6 Å². The first-order valence-corrected chi connectivity index (χ1v) is 9.86. The number of fused-ring (bicyclic) bond motifs is 1. The molecule has 0 unspecified atom stereocenters. The minimum Gasteiger partial charge on any atom is -0.325 e. The molecule has 28 heavy (non-hydrogen) atoms. The van der Waals surface area contributed by atoms with Gasteiger partial charge in [0.2, 0.25) is 11.1 Å². The minimum atomic E-state index is -0.533. The van der Waals surface area contributed by atoms with Crippen molar-refractivity contribution < 1.29 is 9.18 Å². The number of nitrogens with zero attached hydrogens (tertiary/aromatic N) is 3. The predicted molar refractivity (Wildman–Crippen MR) is 108 cm³/mol. The molecule has 2 atom stereocenters. The van der Waals surface area contributed by atoms with Crippen molar-refractivity contribution in [2.75, 3.05) is 10.7 Å². The number of halogens is 2. The van der Waals surface area contributed by atoms with Gasteiger partial charge < -0.3 is 10.7 Å². The third-order valence-electron chi connectivity index (χ3n) is 4.48. The number of hydrogen-bond acceptors (Lipinski definition) is 5. The summed E-state index contributed by atoms with van der Waals surface area (Å²) in [6.45, 7) is 3.86. The average Bonchev–Trinajstić information content (AvgIpc) is 3.04. The molecule has 6 nitrogen and oxygen atoms in total. The minimum absolute atomic E-state index is 0.0438. The van der Waals surface area contributed by atoms with Gasteiger partial charge in [-0.15, -0.1) is 10.2 Å². The lowest BCUT2D eigenvalue weighted by molar-refractivity contribution is -0.116. The van der Waals surface area contributed by atoms with Crippen LogP contribution >= 0.6 is 23.4 Å². The quantitative estimate of drug-likeness (QED) is 0.671. The predicted octanol–water partition coefficient (Wildman–Crippen LogP) is 4.09. The second-order valence-corrected chi connectivity index (χ2v) is 8.06. The normalized spacial score (nSPS) is 18.3. The van der Waals surface area contributed by atoms with Gasteiger partial charge in [0.25, 0.3) is 0 Å². The zero-order chi connectivity index (χ0) is 19.8. The Morgan fingerprint density at radius 2 is 1.96 bits per heavy atom. The highest BCUT2D eigenvalue weighted by atomic mass is 35.5. The topological polar surface area (TPSA) is 71.8 Å². The van der Waals surface area contributed by atoms with Crippen LogP contribution in [-0.2, 0) is 4.79 Å². The van der Waals surface area contributed by atoms with Gasteiger partial charge in [-0.2, -0.15) is 0 Å². The van der Waals surface area contributed by atoms with Gasteiger partial charge in [0.05, 0.1) is 11.1 Å². The van der Waals surface area contributed by atoms with Gasteiger partial charge in [-0.25, -0.2) is 9.07 Å². The first-order valence-electron chi connectivity index (χ1n) is 8.60. The Kier molecular flexibility index (Phi) is 4.99. The lowest BCUT2D eigenvalue weighted by Gasteiger charge is -2.32. The fourth-order valence-corrected chi connectivity index (χ4v) is 4.28. The van der Waals surface area contributed by atoms with E-state index in [4.69, 9.17) is 11.6 Å². The molecule has 1 aromatic heterocycles. The molecule has 0 spiro atoms. The zero-order valence-electron chi connectivity index (χ0n) is 15.1. The van der Waals surface area contributed by atoms with E-state index < -0.39 is 11.1 Å². The summed E-state index contributed by atoms with van der Waals surface area (Å²) in [6.07, 6.45) is 0. The molecule has 144 valence electrons. The molecule has 2 aromatic carbocycles. The monoisotopic (exact) mass is 417 g/mol. The lowest BCUT2D eigenvalue weighted by Crippen LogP contribution is -2.41. The average molecular weight is 418 g/mol. The number of aryl methyl sites for hydroxylation is 2. The summed E-state index contributed by atoms with van der Waals surface area (Å²) in [5.74, 6) is -0.0593. The number of aromatic nitrogens is 3. The standard InChI is InChI=1S/C19H17ClFN5OS/c1-10-3-5-12(6-4-10)16-17(28-19-24-23-11(2)26(19)25-16)18(27)22-13-7-8-15(21)14(20)9-13/h3-9,16-17,25H,1-2H3,(H,22,27)/t16-,17-/m0/s1. The number of thioether (sulfide) groups is 1. The summed E-state index contributed by atoms with van der Waals surface area (Å²) in [6, 6.07) is 11.8. The van der Waals surface area contributed by atoms with Gasteiger partial charge in [-0.05, 0) is 37.6 Å². The molecule has 2 heterocycles. The van der Waals surface area contributed by atoms with Crippen molar-refractivity contribution in [1.82, 2.24) is 14.9 Å².